The summed E-state index contributed by atoms with van der Waals surface area (Å²) in [6.45, 7) is -0.611. The molecule has 1 aromatic heterocycles. The third-order valence-corrected chi connectivity index (χ3v) is 5.03. The number of benzene rings is 1. The molecule has 7 nitrogen and oxygen atoms in total. The van der Waals surface area contributed by atoms with Gasteiger partial charge in [-0.3, -0.25) is 14.9 Å². The average molecular weight is 409 g/mol. The van der Waals surface area contributed by atoms with Gasteiger partial charge in [0.1, 0.15) is 11.1 Å². The van der Waals surface area contributed by atoms with E-state index in [2.05, 4.69) is 10.3 Å². The van der Waals surface area contributed by atoms with Crippen LogP contribution in [0.3, 0.4) is 0 Å². The van der Waals surface area contributed by atoms with E-state index in [1.165, 1.54) is 11.8 Å². The lowest BCUT2D eigenvalue weighted by molar-refractivity contribution is -0.132. The van der Waals surface area contributed by atoms with Gasteiger partial charge in [-0.05, 0) is 30.7 Å². The van der Waals surface area contributed by atoms with Gasteiger partial charge in [0, 0.05) is 11.6 Å². The van der Waals surface area contributed by atoms with Crippen molar-refractivity contribution in [2.45, 2.75) is 30.2 Å². The normalized spacial score (nSPS) is 12.7. The van der Waals surface area contributed by atoms with Crippen LogP contribution in [0.5, 0.6) is 0 Å². The van der Waals surface area contributed by atoms with Crippen molar-refractivity contribution in [2.24, 2.45) is 0 Å². The fourth-order valence-corrected chi connectivity index (χ4v) is 3.33. The van der Waals surface area contributed by atoms with Crippen molar-refractivity contribution in [3.8, 4) is 6.07 Å². The van der Waals surface area contributed by atoms with Crippen molar-refractivity contribution < 1.29 is 19.1 Å². The van der Waals surface area contributed by atoms with Gasteiger partial charge in [0.25, 0.3) is 5.91 Å². The van der Waals surface area contributed by atoms with E-state index < -0.39 is 24.4 Å². The molecule has 0 unspecified atom stereocenters. The van der Waals surface area contributed by atoms with Crippen LogP contribution in [0, 0.1) is 11.3 Å². The minimum Gasteiger partial charge on any atom is -0.452 e. The molecule has 29 heavy (non-hydrogen) atoms. The van der Waals surface area contributed by atoms with E-state index in [1.807, 2.05) is 12.1 Å². The number of thioether (sulfide) groups is 1. The number of nitriles is 1. The summed E-state index contributed by atoms with van der Waals surface area (Å²) in [6, 6.07) is 12.5. The predicted molar refractivity (Wildman–Crippen MR) is 106 cm³/mol. The molecular formula is C21H19N3O4S. The number of aromatic nitrogens is 1. The molecule has 1 fully saturated rings. The first-order valence-electron chi connectivity index (χ1n) is 9.04. The van der Waals surface area contributed by atoms with Crippen molar-refractivity contribution in [2.75, 3.05) is 12.9 Å². The van der Waals surface area contributed by atoms with E-state index in [4.69, 9.17) is 4.74 Å². The second-order valence-corrected chi connectivity index (χ2v) is 7.37. The quantitative estimate of drug-likeness (QED) is 0.553. The van der Waals surface area contributed by atoms with Gasteiger partial charge in [0.2, 0.25) is 5.91 Å². The molecule has 8 heteroatoms. The van der Waals surface area contributed by atoms with Crippen molar-refractivity contribution >= 4 is 29.5 Å². The van der Waals surface area contributed by atoms with Crippen LogP contribution in [-0.4, -0.2) is 35.6 Å². The Kier molecular flexibility index (Phi) is 6.62. The Balaban J connectivity index is 1.61. The Morgan fingerprint density at radius 2 is 1.97 bits per heavy atom. The average Bonchev–Trinajstić information content (AvgIpc) is 3.57. The molecule has 0 atom stereocenters. The van der Waals surface area contributed by atoms with Gasteiger partial charge in [0.05, 0.1) is 17.5 Å². The number of carbonyl (C=O) groups excluding carboxylic acids is 3. The van der Waals surface area contributed by atoms with Crippen molar-refractivity contribution in [1.29, 1.82) is 5.26 Å². The maximum Gasteiger partial charge on any atom is 0.340 e. The van der Waals surface area contributed by atoms with Crippen LogP contribution in [0.15, 0.2) is 41.4 Å². The first-order valence-corrected chi connectivity index (χ1v) is 10.3. The van der Waals surface area contributed by atoms with Crippen molar-refractivity contribution in [3.05, 3.63) is 58.8 Å². The Morgan fingerprint density at radius 3 is 2.59 bits per heavy atom. The second kappa shape index (κ2) is 9.34. The largest absolute Gasteiger partial charge is 0.452 e. The Labute approximate surface area is 172 Å². The highest BCUT2D eigenvalue weighted by atomic mass is 32.2. The number of hydrogen-bond donors (Lipinski definition) is 1. The molecule has 1 N–H and O–H groups in total. The number of esters is 1. The molecular weight excluding hydrogens is 390 g/mol. The van der Waals surface area contributed by atoms with Gasteiger partial charge in [0.15, 0.2) is 6.61 Å². The van der Waals surface area contributed by atoms with Crippen molar-refractivity contribution in [1.82, 2.24) is 10.3 Å². The van der Waals surface area contributed by atoms with E-state index in [0.29, 0.717) is 10.9 Å². The van der Waals surface area contributed by atoms with E-state index in [1.54, 1.807) is 36.6 Å². The second-order valence-electron chi connectivity index (χ2n) is 6.57. The number of amides is 2. The van der Waals surface area contributed by atoms with Crippen LogP contribution in [-0.2, 0) is 20.7 Å². The topological polar surface area (TPSA) is 109 Å². The Bertz CT molecular complexity index is 981. The minimum absolute atomic E-state index is 0.0469. The van der Waals surface area contributed by atoms with Crippen LogP contribution in [0.25, 0.3) is 0 Å². The van der Waals surface area contributed by atoms with Crippen LogP contribution >= 0.6 is 11.8 Å². The predicted octanol–water partition coefficient (Wildman–Crippen LogP) is 2.59. The van der Waals surface area contributed by atoms with Crippen molar-refractivity contribution in [3.63, 3.8) is 0 Å². The molecule has 1 heterocycles. The molecule has 3 rings (SSSR count). The van der Waals surface area contributed by atoms with Crippen LogP contribution in [0.4, 0.5) is 0 Å². The third kappa shape index (κ3) is 5.42. The molecule has 148 valence electrons. The van der Waals surface area contributed by atoms with E-state index in [0.717, 1.165) is 24.1 Å². The molecule has 0 radical (unpaired) electrons. The highest BCUT2D eigenvalue weighted by Gasteiger charge is 2.29. The number of nitrogens with one attached hydrogen (secondary N) is 1. The molecule has 0 spiro atoms. The van der Waals surface area contributed by atoms with Gasteiger partial charge in [-0.25, -0.2) is 9.78 Å². The zero-order valence-electron chi connectivity index (χ0n) is 15.8. The first-order chi connectivity index (χ1) is 14.0. The fourth-order valence-electron chi connectivity index (χ4n) is 2.77. The molecule has 1 aromatic carbocycles. The molecule has 2 aromatic rings. The van der Waals surface area contributed by atoms with Gasteiger partial charge >= 0.3 is 5.97 Å². The Morgan fingerprint density at radius 1 is 1.24 bits per heavy atom. The lowest BCUT2D eigenvalue weighted by Crippen LogP contribution is -2.35. The van der Waals surface area contributed by atoms with Gasteiger partial charge < -0.3 is 4.74 Å². The number of carbonyl (C=O) groups is 3. The number of rotatable bonds is 7. The van der Waals surface area contributed by atoms with Crippen LogP contribution in [0.1, 0.15) is 45.9 Å². The standard InChI is InChI=1S/C21H19N3O4S/c1-29-20-16(11-22)15(10-17(23-20)14-7-8-14)21(27)28-12-19(26)24-18(25)9-13-5-3-2-4-6-13/h2-6,10,14H,7-9,12H2,1H3,(H,24,25,26). The van der Waals surface area contributed by atoms with Gasteiger partial charge in [-0.15, -0.1) is 11.8 Å². The van der Waals surface area contributed by atoms with E-state index >= 15 is 0 Å². The molecule has 0 saturated heterocycles. The van der Waals surface area contributed by atoms with E-state index in [-0.39, 0.29) is 17.5 Å². The Hall–Kier alpha value is -3.18. The number of nitrogens with zero attached hydrogens (tertiary/aromatic N) is 2. The summed E-state index contributed by atoms with van der Waals surface area (Å²) in [5.41, 5.74) is 1.75. The maximum atomic E-state index is 12.5. The lowest BCUT2D eigenvalue weighted by atomic mass is 10.1. The number of imide groups is 1. The summed E-state index contributed by atoms with van der Waals surface area (Å²) < 4.78 is 5.05. The third-order valence-electron chi connectivity index (χ3n) is 4.35. The number of ether oxygens (including phenoxy) is 1. The van der Waals surface area contributed by atoms with Crippen LogP contribution in [0.2, 0.25) is 0 Å². The summed E-state index contributed by atoms with van der Waals surface area (Å²) in [5.74, 6) is -1.70. The zero-order chi connectivity index (χ0) is 20.8. The summed E-state index contributed by atoms with van der Waals surface area (Å²) in [4.78, 5) is 40.8. The molecule has 0 bridgehead atoms. The fraction of sp³-hybridized carbons (Fsp3) is 0.286. The molecule has 1 aliphatic carbocycles. The SMILES string of the molecule is CSc1nc(C2CC2)cc(C(=O)OCC(=O)NC(=O)Cc2ccccc2)c1C#N. The highest BCUT2D eigenvalue weighted by Crippen LogP contribution is 2.40. The number of pyridine rings is 1. The minimum atomic E-state index is -0.785. The zero-order valence-corrected chi connectivity index (χ0v) is 16.6. The number of hydrogen-bond acceptors (Lipinski definition) is 7. The summed E-state index contributed by atoms with van der Waals surface area (Å²) in [7, 11) is 0. The molecule has 1 aliphatic rings. The maximum absolute atomic E-state index is 12.5. The summed E-state index contributed by atoms with van der Waals surface area (Å²) in [6.07, 6.45) is 3.81. The summed E-state index contributed by atoms with van der Waals surface area (Å²) >= 11 is 1.28. The summed E-state index contributed by atoms with van der Waals surface area (Å²) in [5, 5.41) is 12.1. The highest BCUT2D eigenvalue weighted by molar-refractivity contribution is 7.98. The van der Waals surface area contributed by atoms with Gasteiger partial charge in [-0.1, -0.05) is 30.3 Å². The lowest BCUT2D eigenvalue weighted by Gasteiger charge is -2.10. The first kappa shape index (κ1) is 20.6. The molecule has 0 aliphatic heterocycles. The monoisotopic (exact) mass is 409 g/mol. The van der Waals surface area contributed by atoms with Gasteiger partial charge in [-0.2, -0.15) is 5.26 Å². The smallest absolute Gasteiger partial charge is 0.340 e. The molecule has 2 amide bonds. The molecule has 1 saturated carbocycles. The van der Waals surface area contributed by atoms with Crippen LogP contribution < -0.4 is 5.32 Å². The van der Waals surface area contributed by atoms with E-state index in [9.17, 15) is 19.6 Å².